The summed E-state index contributed by atoms with van der Waals surface area (Å²) < 4.78 is 6.03. The van der Waals surface area contributed by atoms with Gasteiger partial charge in [0.05, 0.1) is 17.6 Å². The molecule has 0 heterocycles. The van der Waals surface area contributed by atoms with Gasteiger partial charge in [-0.15, -0.1) is 0 Å². The van der Waals surface area contributed by atoms with Crippen LogP contribution in [0.15, 0.2) is 59.1 Å². The van der Waals surface area contributed by atoms with Gasteiger partial charge >= 0.3 is 0 Å². The molecule has 1 N–H and O–H groups in total. The van der Waals surface area contributed by atoms with Crippen molar-refractivity contribution in [1.82, 2.24) is 5.32 Å². The second-order valence-corrected chi connectivity index (χ2v) is 5.72. The fraction of sp³-hybridized carbons (Fsp3) is 0.167. The van der Waals surface area contributed by atoms with Gasteiger partial charge < -0.3 is 10.1 Å². The first kappa shape index (κ1) is 16.3. The van der Waals surface area contributed by atoms with Crippen molar-refractivity contribution >= 4 is 27.9 Å². The topological polar surface area (TPSA) is 38.3 Å². The maximum atomic E-state index is 12.0. The molecular weight excluding hydrogens is 342 g/mol. The number of carbonyl (C=O) groups excluding carboxylic acids is 1. The lowest BCUT2D eigenvalue weighted by Crippen LogP contribution is -2.24. The Morgan fingerprint density at radius 1 is 1.23 bits per heavy atom. The first-order chi connectivity index (χ1) is 10.6. The van der Waals surface area contributed by atoms with E-state index in [0.717, 1.165) is 21.3 Å². The van der Waals surface area contributed by atoms with Crippen LogP contribution >= 0.6 is 15.9 Å². The number of rotatable bonds is 5. The van der Waals surface area contributed by atoms with Gasteiger partial charge in [-0.3, -0.25) is 4.79 Å². The summed E-state index contributed by atoms with van der Waals surface area (Å²) in [4.78, 5) is 12.0. The van der Waals surface area contributed by atoms with Crippen LogP contribution in [-0.4, -0.2) is 13.0 Å². The van der Waals surface area contributed by atoms with Crippen LogP contribution in [0.25, 0.3) is 6.08 Å². The molecule has 0 aliphatic heterocycles. The Morgan fingerprint density at radius 2 is 1.95 bits per heavy atom. The van der Waals surface area contributed by atoms with Gasteiger partial charge in [-0.1, -0.05) is 36.4 Å². The number of benzene rings is 2. The lowest BCUT2D eigenvalue weighted by molar-refractivity contribution is -0.117. The molecule has 3 nitrogen and oxygen atoms in total. The Labute approximate surface area is 139 Å². The minimum Gasteiger partial charge on any atom is -0.496 e. The predicted molar refractivity (Wildman–Crippen MR) is 92.7 cm³/mol. The van der Waals surface area contributed by atoms with E-state index in [2.05, 4.69) is 21.2 Å². The number of carbonyl (C=O) groups is 1. The van der Waals surface area contributed by atoms with Gasteiger partial charge in [0.15, 0.2) is 0 Å². The lowest BCUT2D eigenvalue weighted by atomic mass is 10.1. The molecule has 114 valence electrons. The fourth-order valence-electron chi connectivity index (χ4n) is 2.04. The molecule has 0 fully saturated rings. The van der Waals surface area contributed by atoms with Crippen molar-refractivity contribution in [3.05, 3.63) is 70.2 Å². The Morgan fingerprint density at radius 3 is 2.59 bits per heavy atom. The number of halogens is 1. The summed E-state index contributed by atoms with van der Waals surface area (Å²) >= 11 is 3.43. The molecule has 2 aromatic rings. The fourth-order valence-corrected chi connectivity index (χ4v) is 2.60. The zero-order valence-corrected chi connectivity index (χ0v) is 14.1. The summed E-state index contributed by atoms with van der Waals surface area (Å²) in [7, 11) is 1.62. The first-order valence-electron chi connectivity index (χ1n) is 6.97. The van der Waals surface area contributed by atoms with Crippen LogP contribution in [0.4, 0.5) is 0 Å². The molecule has 4 heteroatoms. The van der Waals surface area contributed by atoms with Crippen molar-refractivity contribution in [2.45, 2.75) is 13.0 Å². The number of nitrogens with one attached hydrogen (secondary N) is 1. The van der Waals surface area contributed by atoms with Gasteiger partial charge in [-0.05, 0) is 52.2 Å². The summed E-state index contributed by atoms with van der Waals surface area (Å²) in [6, 6.07) is 15.5. The van der Waals surface area contributed by atoms with E-state index in [1.165, 1.54) is 6.08 Å². The summed E-state index contributed by atoms with van der Waals surface area (Å²) in [5.41, 5.74) is 2.01. The van der Waals surface area contributed by atoms with Crippen molar-refractivity contribution in [2.24, 2.45) is 0 Å². The molecule has 0 aromatic heterocycles. The maximum absolute atomic E-state index is 12.0. The van der Waals surface area contributed by atoms with E-state index in [9.17, 15) is 4.79 Å². The number of methoxy groups -OCH3 is 1. The zero-order chi connectivity index (χ0) is 15.9. The van der Waals surface area contributed by atoms with Crippen molar-refractivity contribution in [2.75, 3.05) is 7.11 Å². The van der Waals surface area contributed by atoms with Gasteiger partial charge in [0.2, 0.25) is 5.91 Å². The quantitative estimate of drug-likeness (QED) is 0.806. The number of amides is 1. The number of hydrogen-bond acceptors (Lipinski definition) is 2. The minimum absolute atomic E-state index is 0.0269. The van der Waals surface area contributed by atoms with Crippen molar-refractivity contribution in [1.29, 1.82) is 0 Å². The van der Waals surface area contributed by atoms with Gasteiger partial charge in [0, 0.05) is 6.08 Å². The van der Waals surface area contributed by atoms with Gasteiger partial charge in [0.25, 0.3) is 0 Å². The molecule has 0 saturated heterocycles. The van der Waals surface area contributed by atoms with E-state index in [1.807, 2.05) is 55.5 Å². The highest BCUT2D eigenvalue weighted by Crippen LogP contribution is 2.25. The molecule has 1 atom stereocenters. The third kappa shape index (κ3) is 4.46. The van der Waals surface area contributed by atoms with E-state index >= 15 is 0 Å². The molecule has 1 amide bonds. The number of ether oxygens (including phenoxy) is 1. The minimum atomic E-state index is -0.122. The predicted octanol–water partition coefficient (Wildman–Crippen LogP) is 4.35. The summed E-state index contributed by atoms with van der Waals surface area (Å²) in [6.45, 7) is 1.96. The molecule has 22 heavy (non-hydrogen) atoms. The molecule has 0 unspecified atom stereocenters. The van der Waals surface area contributed by atoms with Crippen molar-refractivity contribution in [3.8, 4) is 5.75 Å². The Kier molecular flexibility index (Phi) is 5.78. The first-order valence-corrected chi connectivity index (χ1v) is 7.76. The molecule has 0 aliphatic rings. The van der Waals surface area contributed by atoms with Crippen LogP contribution in [0.1, 0.15) is 24.1 Å². The van der Waals surface area contributed by atoms with Crippen molar-refractivity contribution < 1.29 is 9.53 Å². The third-order valence-corrected chi connectivity index (χ3v) is 3.88. The normalized spacial score (nSPS) is 12.1. The van der Waals surface area contributed by atoms with E-state index < -0.39 is 0 Å². The molecule has 0 radical (unpaired) electrons. The molecule has 2 rings (SSSR count). The SMILES string of the molecule is COc1ccc(/C=C/C(=O)N[C@H](C)c2ccccc2)cc1Br. The molecule has 0 bridgehead atoms. The maximum Gasteiger partial charge on any atom is 0.244 e. The summed E-state index contributed by atoms with van der Waals surface area (Å²) in [5.74, 6) is 0.641. The smallest absolute Gasteiger partial charge is 0.244 e. The zero-order valence-electron chi connectivity index (χ0n) is 12.5. The van der Waals surface area contributed by atoms with Crippen LogP contribution in [0.3, 0.4) is 0 Å². The molecule has 0 saturated carbocycles. The number of hydrogen-bond donors (Lipinski definition) is 1. The molecule has 0 aliphatic carbocycles. The Bertz CT molecular complexity index is 668. The van der Waals surface area contributed by atoms with Crippen LogP contribution in [-0.2, 0) is 4.79 Å². The van der Waals surface area contributed by atoms with E-state index in [1.54, 1.807) is 13.2 Å². The second-order valence-electron chi connectivity index (χ2n) is 4.87. The van der Waals surface area contributed by atoms with Crippen LogP contribution in [0, 0.1) is 0 Å². The average Bonchev–Trinajstić information content (AvgIpc) is 2.54. The molecule has 0 spiro atoms. The standard InChI is InChI=1S/C18H18BrNO2/c1-13(15-6-4-3-5-7-15)20-18(21)11-9-14-8-10-17(22-2)16(19)12-14/h3-13H,1-2H3,(H,20,21)/b11-9+/t13-/m1/s1. The highest BCUT2D eigenvalue weighted by atomic mass is 79.9. The Hall–Kier alpha value is -2.07. The van der Waals surface area contributed by atoms with Gasteiger partial charge in [-0.2, -0.15) is 0 Å². The average molecular weight is 360 g/mol. The third-order valence-electron chi connectivity index (χ3n) is 3.26. The van der Waals surface area contributed by atoms with Crippen molar-refractivity contribution in [3.63, 3.8) is 0 Å². The second kappa shape index (κ2) is 7.80. The molecule has 2 aromatic carbocycles. The van der Waals surface area contributed by atoms with Crippen LogP contribution in [0.5, 0.6) is 5.75 Å². The van der Waals surface area contributed by atoms with Crippen LogP contribution in [0.2, 0.25) is 0 Å². The van der Waals surface area contributed by atoms with E-state index in [0.29, 0.717) is 0 Å². The van der Waals surface area contributed by atoms with E-state index in [-0.39, 0.29) is 11.9 Å². The lowest BCUT2D eigenvalue weighted by Gasteiger charge is -2.12. The highest BCUT2D eigenvalue weighted by molar-refractivity contribution is 9.10. The van der Waals surface area contributed by atoms with Gasteiger partial charge in [0.1, 0.15) is 5.75 Å². The largest absolute Gasteiger partial charge is 0.496 e. The van der Waals surface area contributed by atoms with Crippen LogP contribution < -0.4 is 10.1 Å². The monoisotopic (exact) mass is 359 g/mol. The summed E-state index contributed by atoms with van der Waals surface area (Å²) in [5, 5.41) is 2.94. The summed E-state index contributed by atoms with van der Waals surface area (Å²) in [6.07, 6.45) is 3.31. The van der Waals surface area contributed by atoms with E-state index in [4.69, 9.17) is 4.74 Å². The highest BCUT2D eigenvalue weighted by Gasteiger charge is 2.06. The Balaban J connectivity index is 1.98. The van der Waals surface area contributed by atoms with Gasteiger partial charge in [-0.25, -0.2) is 0 Å². The molecular formula is C18H18BrNO2.